The average molecular weight is 158 g/mol. The zero-order chi connectivity index (χ0) is 8.74. The van der Waals surface area contributed by atoms with Gasteiger partial charge in [-0.1, -0.05) is 6.58 Å². The number of hydrogen-bond acceptors (Lipinski definition) is 1. The van der Waals surface area contributed by atoms with Crippen LogP contribution in [-0.4, -0.2) is 37.8 Å². The second kappa shape index (κ2) is 5.19. The summed E-state index contributed by atoms with van der Waals surface area (Å²) in [5.41, 5.74) is 0. The fraction of sp³-hybridized carbons (Fsp3) is 0.778. The number of likely N-dealkylation sites (N-methyl/N-ethyl adjacent to an activating group) is 1. The van der Waals surface area contributed by atoms with Gasteiger partial charge in [-0.05, 0) is 13.8 Å². The summed E-state index contributed by atoms with van der Waals surface area (Å²) in [7, 11) is 2.24. The van der Waals surface area contributed by atoms with Gasteiger partial charge in [0, 0.05) is 0 Å². The van der Waals surface area contributed by atoms with Gasteiger partial charge in [0.1, 0.15) is 13.2 Å². The first-order valence-electron chi connectivity index (χ1n) is 4.24. The number of nitrogens with zero attached hydrogens (tertiary/aromatic N) is 1. The van der Waals surface area contributed by atoms with E-state index >= 15 is 0 Å². The highest BCUT2D eigenvalue weighted by molar-refractivity contribution is 4.48. The Kier molecular flexibility index (Phi) is 4.95. The highest BCUT2D eigenvalue weighted by Gasteiger charge is 2.14. The predicted octanol–water partition coefficient (Wildman–Crippen LogP) is 1.63. The number of ether oxygens (including phenoxy) is 1. The second-order valence-corrected chi connectivity index (χ2v) is 3.01. The number of rotatable bonds is 6. The van der Waals surface area contributed by atoms with E-state index in [1.165, 1.54) is 6.26 Å². The average Bonchev–Trinajstić information content (AvgIpc) is 2.05. The molecule has 0 saturated carbocycles. The van der Waals surface area contributed by atoms with Crippen LogP contribution in [0.25, 0.3) is 0 Å². The molecule has 0 aliphatic carbocycles. The van der Waals surface area contributed by atoms with Crippen molar-refractivity contribution in [2.24, 2.45) is 0 Å². The van der Waals surface area contributed by atoms with E-state index < -0.39 is 0 Å². The van der Waals surface area contributed by atoms with Gasteiger partial charge in [0.05, 0.1) is 26.4 Å². The van der Waals surface area contributed by atoms with Gasteiger partial charge in [-0.15, -0.1) is 0 Å². The van der Waals surface area contributed by atoms with Crippen molar-refractivity contribution in [3.8, 4) is 0 Å². The highest BCUT2D eigenvalue weighted by atomic mass is 16.5. The van der Waals surface area contributed by atoms with Crippen molar-refractivity contribution in [2.45, 2.75) is 13.8 Å². The van der Waals surface area contributed by atoms with Gasteiger partial charge >= 0.3 is 0 Å². The molecule has 0 aromatic heterocycles. The molecule has 0 spiro atoms. The van der Waals surface area contributed by atoms with Crippen LogP contribution in [0, 0.1) is 0 Å². The van der Waals surface area contributed by atoms with Gasteiger partial charge < -0.3 is 9.22 Å². The fourth-order valence-corrected chi connectivity index (χ4v) is 0.896. The molecule has 0 aliphatic heterocycles. The second-order valence-electron chi connectivity index (χ2n) is 3.01. The van der Waals surface area contributed by atoms with Gasteiger partial charge in [0.15, 0.2) is 0 Å². The van der Waals surface area contributed by atoms with Crippen molar-refractivity contribution < 1.29 is 9.22 Å². The molecule has 0 radical (unpaired) electrons. The lowest BCUT2D eigenvalue weighted by molar-refractivity contribution is -0.906. The van der Waals surface area contributed by atoms with Crippen LogP contribution in [0.1, 0.15) is 13.8 Å². The minimum absolute atomic E-state index is 0.779. The molecule has 0 atom stereocenters. The topological polar surface area (TPSA) is 9.23 Å². The van der Waals surface area contributed by atoms with E-state index in [9.17, 15) is 0 Å². The highest BCUT2D eigenvalue weighted by Crippen LogP contribution is 1.99. The Hall–Kier alpha value is -0.500. The van der Waals surface area contributed by atoms with Crippen LogP contribution in [0.4, 0.5) is 0 Å². The summed E-state index contributed by atoms with van der Waals surface area (Å²) in [6.45, 7) is 12.1. The van der Waals surface area contributed by atoms with Gasteiger partial charge in [-0.3, -0.25) is 0 Å². The van der Waals surface area contributed by atoms with Crippen molar-refractivity contribution in [3.63, 3.8) is 0 Å². The van der Waals surface area contributed by atoms with Crippen LogP contribution in [0.3, 0.4) is 0 Å². The first kappa shape index (κ1) is 10.5. The molecule has 0 bridgehead atoms. The molecule has 0 heterocycles. The molecule has 0 fully saturated rings. The molecule has 66 valence electrons. The lowest BCUT2D eigenvalue weighted by Crippen LogP contribution is -2.45. The van der Waals surface area contributed by atoms with E-state index in [2.05, 4.69) is 27.5 Å². The predicted molar refractivity (Wildman–Crippen MR) is 48.3 cm³/mol. The van der Waals surface area contributed by atoms with Gasteiger partial charge in [0.25, 0.3) is 0 Å². The van der Waals surface area contributed by atoms with E-state index in [0.29, 0.717) is 0 Å². The fourth-order valence-electron chi connectivity index (χ4n) is 0.896. The largest absolute Gasteiger partial charge is 0.496 e. The molecule has 0 N–H and O–H groups in total. The maximum Gasteiger partial charge on any atom is 0.136 e. The summed E-state index contributed by atoms with van der Waals surface area (Å²) in [4.78, 5) is 0. The first-order chi connectivity index (χ1) is 5.18. The molecule has 11 heavy (non-hydrogen) atoms. The lowest BCUT2D eigenvalue weighted by atomic mass is 10.4. The Morgan fingerprint density at radius 1 is 1.36 bits per heavy atom. The van der Waals surface area contributed by atoms with Crippen LogP contribution >= 0.6 is 0 Å². The Morgan fingerprint density at radius 3 is 2.27 bits per heavy atom. The van der Waals surface area contributed by atoms with Crippen LogP contribution in [0.5, 0.6) is 0 Å². The molecular formula is C9H20NO+. The minimum atomic E-state index is 0.779. The van der Waals surface area contributed by atoms with Crippen molar-refractivity contribution in [3.05, 3.63) is 12.8 Å². The molecule has 0 amide bonds. The van der Waals surface area contributed by atoms with E-state index in [0.717, 1.165) is 30.7 Å². The quantitative estimate of drug-likeness (QED) is 0.324. The van der Waals surface area contributed by atoms with Gasteiger partial charge in [-0.2, -0.15) is 0 Å². The summed E-state index contributed by atoms with van der Waals surface area (Å²) in [5.74, 6) is 0. The van der Waals surface area contributed by atoms with Crippen molar-refractivity contribution in [1.82, 2.24) is 0 Å². The summed E-state index contributed by atoms with van der Waals surface area (Å²) >= 11 is 0. The van der Waals surface area contributed by atoms with E-state index in [1.54, 1.807) is 0 Å². The maximum atomic E-state index is 5.08. The van der Waals surface area contributed by atoms with Crippen LogP contribution in [0.15, 0.2) is 12.8 Å². The molecule has 0 saturated heterocycles. The molecule has 0 aromatic carbocycles. The third-order valence-corrected chi connectivity index (χ3v) is 2.39. The molecule has 0 unspecified atom stereocenters. The van der Waals surface area contributed by atoms with Crippen LogP contribution in [-0.2, 0) is 4.74 Å². The van der Waals surface area contributed by atoms with Crippen molar-refractivity contribution in [2.75, 3.05) is 33.3 Å². The van der Waals surface area contributed by atoms with E-state index in [4.69, 9.17) is 4.74 Å². The summed E-state index contributed by atoms with van der Waals surface area (Å²) in [5, 5.41) is 0. The Labute approximate surface area is 70.1 Å². The molecule has 0 rings (SSSR count). The van der Waals surface area contributed by atoms with Gasteiger partial charge in [0.2, 0.25) is 0 Å². The normalized spacial score (nSPS) is 11.2. The molecule has 0 aromatic rings. The summed E-state index contributed by atoms with van der Waals surface area (Å²) in [6.07, 6.45) is 1.51. The van der Waals surface area contributed by atoms with Crippen LogP contribution in [0.2, 0.25) is 0 Å². The summed E-state index contributed by atoms with van der Waals surface area (Å²) in [6, 6.07) is 0. The third kappa shape index (κ3) is 4.04. The zero-order valence-electron chi connectivity index (χ0n) is 7.97. The first-order valence-corrected chi connectivity index (χ1v) is 4.24. The third-order valence-electron chi connectivity index (χ3n) is 2.39. The Morgan fingerprint density at radius 2 is 1.91 bits per heavy atom. The summed E-state index contributed by atoms with van der Waals surface area (Å²) < 4.78 is 6.16. The standard InChI is InChI=1S/C9H20NO/c1-5-10(4,6-2)8-9-11-7-3/h7H,3,5-6,8-9H2,1-2,4H3/q+1. The van der Waals surface area contributed by atoms with Crippen molar-refractivity contribution >= 4 is 0 Å². The molecule has 0 aliphatic rings. The van der Waals surface area contributed by atoms with E-state index in [-0.39, 0.29) is 0 Å². The maximum absolute atomic E-state index is 5.08. The smallest absolute Gasteiger partial charge is 0.136 e. The Bertz CT molecular complexity index is 108. The zero-order valence-corrected chi connectivity index (χ0v) is 7.97. The molecular weight excluding hydrogens is 138 g/mol. The molecule has 2 heteroatoms. The van der Waals surface area contributed by atoms with Gasteiger partial charge in [-0.25, -0.2) is 0 Å². The SMILES string of the molecule is C=COCC[N+](C)(CC)CC. The Balaban J connectivity index is 3.59. The minimum Gasteiger partial charge on any atom is -0.496 e. The number of quaternary nitrogens is 1. The van der Waals surface area contributed by atoms with Crippen LogP contribution < -0.4 is 0 Å². The molecule has 2 nitrogen and oxygen atoms in total. The number of hydrogen-bond donors (Lipinski definition) is 0. The van der Waals surface area contributed by atoms with E-state index in [1.807, 2.05) is 0 Å². The monoisotopic (exact) mass is 158 g/mol. The van der Waals surface area contributed by atoms with Crippen molar-refractivity contribution in [1.29, 1.82) is 0 Å². The lowest BCUT2D eigenvalue weighted by Gasteiger charge is -2.31.